The lowest BCUT2D eigenvalue weighted by Crippen LogP contribution is -2.45. The number of hydrogen-bond acceptors (Lipinski definition) is 5. The molecule has 16 heavy (non-hydrogen) atoms. The molecule has 1 fully saturated rings. The third-order valence-corrected chi connectivity index (χ3v) is 4.14. The molecule has 1 saturated heterocycles. The fraction of sp³-hybridized carbons (Fsp3) is 0.400. The minimum absolute atomic E-state index is 0.0881. The van der Waals surface area contributed by atoms with Gasteiger partial charge in [0.2, 0.25) is 0 Å². The molecule has 1 aliphatic heterocycles. The highest BCUT2D eigenvalue weighted by Crippen LogP contribution is 2.23. The summed E-state index contributed by atoms with van der Waals surface area (Å²) in [5, 5.41) is 0. The zero-order valence-electron chi connectivity index (χ0n) is 8.63. The molecule has 0 radical (unpaired) electrons. The van der Waals surface area contributed by atoms with Crippen LogP contribution in [0.2, 0.25) is 0 Å². The number of ether oxygens (including phenoxy) is 1. The molecule has 6 heteroatoms. The molecule has 0 aromatic heterocycles. The van der Waals surface area contributed by atoms with E-state index in [0.717, 1.165) is 5.56 Å². The Kier molecular flexibility index (Phi) is 3.13. The lowest BCUT2D eigenvalue weighted by molar-refractivity contribution is 0.119. The van der Waals surface area contributed by atoms with Gasteiger partial charge in [0, 0.05) is 5.56 Å². The lowest BCUT2D eigenvalue weighted by atomic mass is 10.2. The molecule has 0 atom stereocenters. The van der Waals surface area contributed by atoms with Crippen molar-refractivity contribution in [1.29, 1.82) is 0 Å². The van der Waals surface area contributed by atoms with Gasteiger partial charge in [-0.1, -0.05) is 18.2 Å². The highest BCUT2D eigenvalue weighted by atomic mass is 32.2. The monoisotopic (exact) mass is 243 g/mol. The number of para-hydroxylation sites is 1. The van der Waals surface area contributed by atoms with Crippen LogP contribution in [0.5, 0.6) is 5.75 Å². The molecule has 1 aliphatic rings. The second-order valence-corrected chi connectivity index (χ2v) is 5.89. The zero-order valence-corrected chi connectivity index (χ0v) is 9.44. The Morgan fingerprint density at radius 1 is 1.31 bits per heavy atom. The summed E-state index contributed by atoms with van der Waals surface area (Å²) < 4.78 is 27.5. The molecule has 0 aliphatic carbocycles. The van der Waals surface area contributed by atoms with Crippen molar-refractivity contribution in [3.8, 4) is 5.75 Å². The van der Waals surface area contributed by atoms with E-state index in [1.54, 1.807) is 6.07 Å². The third kappa shape index (κ3) is 2.52. The van der Waals surface area contributed by atoms with Gasteiger partial charge >= 0.3 is 0 Å². The summed E-state index contributed by atoms with van der Waals surface area (Å²) in [6.07, 6.45) is -0.246. The fourth-order valence-electron chi connectivity index (χ4n) is 1.59. The first-order valence-electron chi connectivity index (χ1n) is 4.87. The van der Waals surface area contributed by atoms with Crippen LogP contribution in [0.4, 0.5) is 0 Å². The Balaban J connectivity index is 2.04. The highest BCUT2D eigenvalue weighted by Gasteiger charge is 2.35. The first kappa shape index (κ1) is 11.4. The van der Waals surface area contributed by atoms with Crippen LogP contribution >= 0.6 is 0 Å². The summed E-state index contributed by atoms with van der Waals surface area (Å²) in [6, 6.07) is 7.27. The van der Waals surface area contributed by atoms with Gasteiger partial charge in [-0.3, -0.25) is 4.84 Å². The average Bonchev–Trinajstić information content (AvgIpc) is 2.18. The second-order valence-electron chi connectivity index (χ2n) is 3.74. The molecule has 0 unspecified atom stereocenters. The minimum atomic E-state index is -2.86. The molecule has 1 aromatic carbocycles. The number of nitrogens with two attached hydrogens (primary N) is 1. The van der Waals surface area contributed by atoms with Crippen molar-refractivity contribution in [1.82, 2.24) is 0 Å². The molecular formula is C10H13NO4S. The van der Waals surface area contributed by atoms with E-state index in [0.29, 0.717) is 5.75 Å². The van der Waals surface area contributed by atoms with Crippen LogP contribution in [0.1, 0.15) is 5.56 Å². The van der Waals surface area contributed by atoms with Crippen molar-refractivity contribution < 1.29 is 18.0 Å². The van der Waals surface area contributed by atoms with Gasteiger partial charge in [-0.25, -0.2) is 14.3 Å². The number of sulfone groups is 1. The summed E-state index contributed by atoms with van der Waals surface area (Å²) in [7, 11) is -2.86. The normalized spacial score (nSPS) is 19.1. The summed E-state index contributed by atoms with van der Waals surface area (Å²) in [5.41, 5.74) is 0.814. The Morgan fingerprint density at radius 3 is 2.62 bits per heavy atom. The first-order chi connectivity index (χ1) is 7.61. The Labute approximate surface area is 94.0 Å². The predicted molar refractivity (Wildman–Crippen MR) is 58.5 cm³/mol. The minimum Gasteiger partial charge on any atom is -0.488 e. The average molecular weight is 243 g/mol. The van der Waals surface area contributed by atoms with Gasteiger partial charge < -0.3 is 4.74 Å². The van der Waals surface area contributed by atoms with Crippen LogP contribution in [0.15, 0.2) is 24.3 Å². The highest BCUT2D eigenvalue weighted by molar-refractivity contribution is 7.92. The number of rotatable bonds is 4. The molecular weight excluding hydrogens is 230 g/mol. The van der Waals surface area contributed by atoms with E-state index in [1.807, 2.05) is 18.2 Å². The fourth-order valence-corrected chi connectivity index (χ4v) is 2.76. The second kappa shape index (κ2) is 4.40. The van der Waals surface area contributed by atoms with Gasteiger partial charge in [0.05, 0.1) is 18.1 Å². The maximum absolute atomic E-state index is 11.0. The molecule has 5 nitrogen and oxygen atoms in total. The van der Waals surface area contributed by atoms with Crippen LogP contribution < -0.4 is 10.6 Å². The maximum atomic E-state index is 11.0. The zero-order chi connectivity index (χ0) is 11.6. The van der Waals surface area contributed by atoms with Gasteiger partial charge in [0.1, 0.15) is 11.9 Å². The molecule has 1 aromatic rings. The van der Waals surface area contributed by atoms with Crippen molar-refractivity contribution in [2.45, 2.75) is 12.7 Å². The Morgan fingerprint density at radius 2 is 2.00 bits per heavy atom. The van der Waals surface area contributed by atoms with Gasteiger partial charge in [0.15, 0.2) is 9.84 Å². The van der Waals surface area contributed by atoms with Crippen LogP contribution in [0.25, 0.3) is 0 Å². The SMILES string of the molecule is NOCc1ccccc1OC1CS(=O)(=O)C1. The molecule has 2 rings (SSSR count). The first-order valence-corrected chi connectivity index (χ1v) is 6.69. The Bertz CT molecular complexity index is 459. The molecule has 0 saturated carbocycles. The molecule has 2 N–H and O–H groups in total. The smallest absolute Gasteiger partial charge is 0.157 e. The summed E-state index contributed by atoms with van der Waals surface area (Å²) >= 11 is 0. The van der Waals surface area contributed by atoms with Crippen LogP contribution in [-0.4, -0.2) is 26.0 Å². The standard InChI is InChI=1S/C10H13NO4S/c11-14-5-8-3-1-2-4-10(8)15-9-6-16(12,13)7-9/h1-4,9H,5-7,11H2. The van der Waals surface area contributed by atoms with Crippen LogP contribution in [-0.2, 0) is 21.3 Å². The van der Waals surface area contributed by atoms with Crippen molar-refractivity contribution in [2.75, 3.05) is 11.5 Å². The van der Waals surface area contributed by atoms with E-state index in [-0.39, 0.29) is 24.2 Å². The van der Waals surface area contributed by atoms with Crippen molar-refractivity contribution >= 4 is 9.84 Å². The number of hydrogen-bond donors (Lipinski definition) is 1. The van der Waals surface area contributed by atoms with Crippen LogP contribution in [0, 0.1) is 0 Å². The molecule has 0 amide bonds. The molecule has 0 bridgehead atoms. The molecule has 88 valence electrons. The summed E-state index contributed by atoms with van der Waals surface area (Å²) in [4.78, 5) is 4.54. The lowest BCUT2D eigenvalue weighted by Gasteiger charge is -2.27. The molecule has 1 heterocycles. The van der Waals surface area contributed by atoms with E-state index in [4.69, 9.17) is 10.6 Å². The summed E-state index contributed by atoms with van der Waals surface area (Å²) in [6.45, 7) is 0.246. The quantitative estimate of drug-likeness (QED) is 0.767. The number of benzene rings is 1. The van der Waals surface area contributed by atoms with Gasteiger partial charge in [-0.15, -0.1) is 0 Å². The van der Waals surface area contributed by atoms with Crippen molar-refractivity contribution in [2.24, 2.45) is 5.90 Å². The maximum Gasteiger partial charge on any atom is 0.157 e. The topological polar surface area (TPSA) is 78.6 Å². The van der Waals surface area contributed by atoms with Crippen molar-refractivity contribution in [3.05, 3.63) is 29.8 Å². The predicted octanol–water partition coefficient (Wildman–Crippen LogP) is 0.253. The van der Waals surface area contributed by atoms with E-state index >= 15 is 0 Å². The molecule has 0 spiro atoms. The van der Waals surface area contributed by atoms with E-state index in [9.17, 15) is 8.42 Å². The largest absolute Gasteiger partial charge is 0.488 e. The van der Waals surface area contributed by atoms with E-state index in [1.165, 1.54) is 0 Å². The summed E-state index contributed by atoms with van der Waals surface area (Å²) in [5.74, 6) is 5.81. The van der Waals surface area contributed by atoms with E-state index in [2.05, 4.69) is 4.84 Å². The van der Waals surface area contributed by atoms with Crippen LogP contribution in [0.3, 0.4) is 0 Å². The Hall–Kier alpha value is -1.11. The van der Waals surface area contributed by atoms with Gasteiger partial charge in [-0.05, 0) is 6.07 Å². The third-order valence-electron chi connectivity index (χ3n) is 2.38. The van der Waals surface area contributed by atoms with Gasteiger partial charge in [-0.2, -0.15) is 0 Å². The van der Waals surface area contributed by atoms with Crippen molar-refractivity contribution in [3.63, 3.8) is 0 Å². The van der Waals surface area contributed by atoms with E-state index < -0.39 is 9.84 Å². The van der Waals surface area contributed by atoms with Gasteiger partial charge in [0.25, 0.3) is 0 Å².